The first kappa shape index (κ1) is 11.3. The third-order valence-corrected chi connectivity index (χ3v) is 2.89. The van der Waals surface area contributed by atoms with Gasteiger partial charge >= 0.3 is 0 Å². The SMILES string of the molecule is CC1(C)O[C@@H]2[C@@H](O)[C@H](O)[C@H](O)[C@H](O)[C@H]2O1. The van der Waals surface area contributed by atoms with Crippen LogP contribution in [0.15, 0.2) is 0 Å². The summed E-state index contributed by atoms with van der Waals surface area (Å²) in [5, 5.41) is 38.2. The molecule has 0 aromatic rings. The van der Waals surface area contributed by atoms with Crippen molar-refractivity contribution in [3.05, 3.63) is 0 Å². The second kappa shape index (κ2) is 3.38. The average Bonchev–Trinajstić information content (AvgIpc) is 2.48. The molecule has 0 aromatic heterocycles. The Kier molecular flexibility index (Phi) is 2.53. The van der Waals surface area contributed by atoms with Crippen LogP contribution >= 0.6 is 0 Å². The van der Waals surface area contributed by atoms with E-state index in [-0.39, 0.29) is 0 Å². The molecule has 4 N–H and O–H groups in total. The van der Waals surface area contributed by atoms with Gasteiger partial charge in [-0.1, -0.05) is 0 Å². The molecule has 0 amide bonds. The Balaban J connectivity index is 2.23. The van der Waals surface area contributed by atoms with E-state index >= 15 is 0 Å². The molecule has 6 atom stereocenters. The van der Waals surface area contributed by atoms with Crippen molar-refractivity contribution in [3.8, 4) is 0 Å². The van der Waals surface area contributed by atoms with Crippen LogP contribution in [0.2, 0.25) is 0 Å². The predicted octanol–water partition coefficient (Wildman–Crippen LogP) is -2.04. The van der Waals surface area contributed by atoms with Gasteiger partial charge in [0.25, 0.3) is 0 Å². The fourth-order valence-corrected chi connectivity index (χ4v) is 2.14. The molecule has 0 unspecified atom stereocenters. The number of aliphatic hydroxyl groups excluding tert-OH is 4. The van der Waals surface area contributed by atoms with Crippen molar-refractivity contribution in [1.29, 1.82) is 0 Å². The molecule has 1 saturated carbocycles. The Bertz CT molecular complexity index is 231. The molecule has 15 heavy (non-hydrogen) atoms. The van der Waals surface area contributed by atoms with Crippen LogP contribution in [0.3, 0.4) is 0 Å². The van der Waals surface area contributed by atoms with Gasteiger partial charge in [0, 0.05) is 0 Å². The summed E-state index contributed by atoms with van der Waals surface area (Å²) in [6.45, 7) is 3.28. The monoisotopic (exact) mass is 220 g/mol. The summed E-state index contributed by atoms with van der Waals surface area (Å²) in [6.07, 6.45) is -6.97. The number of ether oxygens (including phenoxy) is 2. The number of fused-ring (bicyclic) bond motifs is 1. The van der Waals surface area contributed by atoms with E-state index in [2.05, 4.69) is 0 Å². The fourth-order valence-electron chi connectivity index (χ4n) is 2.14. The van der Waals surface area contributed by atoms with Gasteiger partial charge < -0.3 is 29.9 Å². The van der Waals surface area contributed by atoms with E-state index in [0.717, 1.165) is 0 Å². The van der Waals surface area contributed by atoms with E-state index in [4.69, 9.17) is 9.47 Å². The predicted molar refractivity (Wildman–Crippen MR) is 47.9 cm³/mol. The van der Waals surface area contributed by atoms with E-state index in [1.54, 1.807) is 13.8 Å². The summed E-state index contributed by atoms with van der Waals surface area (Å²) < 4.78 is 10.7. The number of aliphatic hydroxyl groups is 4. The van der Waals surface area contributed by atoms with Crippen molar-refractivity contribution in [2.24, 2.45) is 0 Å². The lowest BCUT2D eigenvalue weighted by Crippen LogP contribution is -2.62. The van der Waals surface area contributed by atoms with Crippen LogP contribution in [-0.4, -0.2) is 62.8 Å². The largest absolute Gasteiger partial charge is 0.387 e. The van der Waals surface area contributed by atoms with Gasteiger partial charge in [0.1, 0.15) is 36.6 Å². The minimum Gasteiger partial charge on any atom is -0.387 e. The molecule has 1 aliphatic heterocycles. The molecule has 6 nitrogen and oxygen atoms in total. The van der Waals surface area contributed by atoms with Gasteiger partial charge in [-0.2, -0.15) is 0 Å². The zero-order valence-corrected chi connectivity index (χ0v) is 8.57. The van der Waals surface area contributed by atoms with Crippen molar-refractivity contribution < 1.29 is 29.9 Å². The van der Waals surface area contributed by atoms with E-state index < -0.39 is 42.4 Å². The third-order valence-electron chi connectivity index (χ3n) is 2.89. The maximum absolute atomic E-state index is 9.64. The van der Waals surface area contributed by atoms with Crippen LogP contribution in [0.5, 0.6) is 0 Å². The number of hydrogen-bond acceptors (Lipinski definition) is 6. The summed E-state index contributed by atoms with van der Waals surface area (Å²) >= 11 is 0. The molecule has 2 aliphatic rings. The highest BCUT2D eigenvalue weighted by Gasteiger charge is 2.56. The van der Waals surface area contributed by atoms with E-state index in [0.29, 0.717) is 0 Å². The Morgan fingerprint density at radius 2 is 1.07 bits per heavy atom. The molecule has 0 radical (unpaired) electrons. The molecule has 1 aliphatic carbocycles. The normalized spacial score (nSPS) is 54.0. The van der Waals surface area contributed by atoms with Crippen molar-refractivity contribution in [2.45, 2.75) is 56.3 Å². The quantitative estimate of drug-likeness (QED) is 0.375. The van der Waals surface area contributed by atoms with Crippen LogP contribution in [0.25, 0.3) is 0 Å². The molecule has 0 spiro atoms. The molecule has 2 rings (SSSR count). The molecule has 88 valence electrons. The van der Waals surface area contributed by atoms with E-state index in [1.807, 2.05) is 0 Å². The highest BCUT2D eigenvalue weighted by atomic mass is 16.8. The zero-order chi connectivity index (χ0) is 11.4. The standard InChI is InChI=1S/C9H16O6/c1-9(2)14-7-5(12)3(10)4(11)6(13)8(7)15-9/h3-8,10-13H,1-2H3/t3-,4+,5-,6-,7+,8+/m0/s1. The second-order valence-corrected chi connectivity index (χ2v) is 4.53. The number of hydrogen-bond donors (Lipinski definition) is 4. The number of rotatable bonds is 0. The van der Waals surface area contributed by atoms with Crippen LogP contribution in [-0.2, 0) is 9.47 Å². The Morgan fingerprint density at radius 3 is 1.40 bits per heavy atom. The Labute approximate surface area is 87.1 Å². The molecule has 6 heteroatoms. The summed E-state index contributed by atoms with van der Waals surface area (Å²) in [4.78, 5) is 0. The highest BCUT2D eigenvalue weighted by molar-refractivity contribution is 5.03. The second-order valence-electron chi connectivity index (χ2n) is 4.53. The topological polar surface area (TPSA) is 99.4 Å². The molecule has 1 heterocycles. The minimum absolute atomic E-state index is 0.812. The lowest BCUT2D eigenvalue weighted by molar-refractivity contribution is -0.192. The van der Waals surface area contributed by atoms with Crippen molar-refractivity contribution >= 4 is 0 Å². The first-order valence-electron chi connectivity index (χ1n) is 4.91. The summed E-state index contributed by atoms with van der Waals surface area (Å²) in [6, 6.07) is 0. The first-order chi connectivity index (χ1) is 6.83. The van der Waals surface area contributed by atoms with Gasteiger partial charge in [0.05, 0.1) is 0 Å². The van der Waals surface area contributed by atoms with Gasteiger partial charge in [-0.25, -0.2) is 0 Å². The van der Waals surface area contributed by atoms with Crippen molar-refractivity contribution in [2.75, 3.05) is 0 Å². The minimum atomic E-state index is -1.42. The van der Waals surface area contributed by atoms with E-state index in [1.165, 1.54) is 0 Å². The Hall–Kier alpha value is -0.240. The first-order valence-corrected chi connectivity index (χ1v) is 4.91. The Morgan fingerprint density at radius 1 is 0.733 bits per heavy atom. The van der Waals surface area contributed by atoms with Crippen molar-refractivity contribution in [3.63, 3.8) is 0 Å². The third kappa shape index (κ3) is 1.67. The average molecular weight is 220 g/mol. The molecule has 0 bridgehead atoms. The fraction of sp³-hybridized carbons (Fsp3) is 1.00. The lowest BCUT2D eigenvalue weighted by Gasteiger charge is -2.38. The van der Waals surface area contributed by atoms with Gasteiger partial charge in [-0.05, 0) is 13.8 Å². The summed E-state index contributed by atoms with van der Waals surface area (Å²) in [5.41, 5.74) is 0. The van der Waals surface area contributed by atoms with Crippen LogP contribution in [0.1, 0.15) is 13.8 Å². The highest BCUT2D eigenvalue weighted by Crippen LogP contribution is 2.37. The molecule has 1 saturated heterocycles. The maximum atomic E-state index is 9.64. The van der Waals surface area contributed by atoms with Crippen LogP contribution in [0.4, 0.5) is 0 Å². The lowest BCUT2D eigenvalue weighted by atomic mass is 9.85. The summed E-state index contributed by atoms with van der Waals surface area (Å²) in [5.74, 6) is -0.929. The molecule has 0 aromatic carbocycles. The molecular formula is C9H16O6. The van der Waals surface area contributed by atoms with Crippen LogP contribution in [0, 0.1) is 0 Å². The van der Waals surface area contributed by atoms with Gasteiger partial charge in [-0.3, -0.25) is 0 Å². The smallest absolute Gasteiger partial charge is 0.164 e. The van der Waals surface area contributed by atoms with Crippen molar-refractivity contribution in [1.82, 2.24) is 0 Å². The maximum Gasteiger partial charge on any atom is 0.164 e. The van der Waals surface area contributed by atoms with Gasteiger partial charge in [0.2, 0.25) is 0 Å². The molecule has 2 fully saturated rings. The zero-order valence-electron chi connectivity index (χ0n) is 8.57. The van der Waals surface area contributed by atoms with Gasteiger partial charge in [0.15, 0.2) is 5.79 Å². The summed E-state index contributed by atoms with van der Waals surface area (Å²) in [7, 11) is 0. The van der Waals surface area contributed by atoms with E-state index in [9.17, 15) is 20.4 Å². The van der Waals surface area contributed by atoms with Gasteiger partial charge in [-0.15, -0.1) is 0 Å². The van der Waals surface area contributed by atoms with Crippen LogP contribution < -0.4 is 0 Å². The molecular weight excluding hydrogens is 204 g/mol.